The summed E-state index contributed by atoms with van der Waals surface area (Å²) in [5.41, 5.74) is 6.68. The van der Waals surface area contributed by atoms with Crippen molar-refractivity contribution >= 4 is 11.6 Å². The Morgan fingerprint density at radius 3 is 3.11 bits per heavy atom. The van der Waals surface area contributed by atoms with Gasteiger partial charge in [-0.25, -0.2) is 0 Å². The molecule has 19 heavy (non-hydrogen) atoms. The third-order valence-electron chi connectivity index (χ3n) is 3.09. The lowest BCUT2D eigenvalue weighted by Gasteiger charge is -2.32. The van der Waals surface area contributed by atoms with Gasteiger partial charge in [-0.2, -0.15) is 0 Å². The Morgan fingerprint density at radius 2 is 2.42 bits per heavy atom. The average Bonchev–Trinajstić information content (AvgIpc) is 2.46. The lowest BCUT2D eigenvalue weighted by molar-refractivity contribution is -0.0447. The lowest BCUT2D eigenvalue weighted by atomic mass is 10.1. The molecule has 0 spiro atoms. The fraction of sp³-hybridized carbons (Fsp3) is 0.462. The third-order valence-corrected chi connectivity index (χ3v) is 3.09. The Labute approximate surface area is 111 Å². The zero-order valence-electron chi connectivity index (χ0n) is 10.8. The number of nitrogens with two attached hydrogens (primary N) is 1. The highest BCUT2D eigenvalue weighted by molar-refractivity contribution is 5.97. The lowest BCUT2D eigenvalue weighted by Crippen LogP contribution is -2.46. The third kappa shape index (κ3) is 2.97. The van der Waals surface area contributed by atoms with Crippen molar-refractivity contribution < 1.29 is 19.4 Å². The van der Waals surface area contributed by atoms with E-state index in [1.807, 2.05) is 0 Å². The minimum Gasteiger partial charge on any atom is -0.496 e. The molecule has 1 aromatic rings. The van der Waals surface area contributed by atoms with Crippen LogP contribution in [0.15, 0.2) is 18.2 Å². The van der Waals surface area contributed by atoms with Crippen molar-refractivity contribution in [1.29, 1.82) is 0 Å². The van der Waals surface area contributed by atoms with Crippen LogP contribution in [0.4, 0.5) is 5.69 Å². The molecule has 1 unspecified atom stereocenters. The summed E-state index contributed by atoms with van der Waals surface area (Å²) in [5, 5.41) is 9.09. The highest BCUT2D eigenvalue weighted by Gasteiger charge is 2.26. The van der Waals surface area contributed by atoms with E-state index in [0.29, 0.717) is 36.7 Å². The highest BCUT2D eigenvalue weighted by atomic mass is 16.5. The van der Waals surface area contributed by atoms with Crippen LogP contribution in [0.25, 0.3) is 0 Å². The Bertz CT molecular complexity index is 464. The Morgan fingerprint density at radius 1 is 1.63 bits per heavy atom. The molecule has 1 aliphatic rings. The summed E-state index contributed by atoms with van der Waals surface area (Å²) in [6, 6.07) is 4.94. The molecule has 2 rings (SSSR count). The fourth-order valence-corrected chi connectivity index (χ4v) is 2.07. The van der Waals surface area contributed by atoms with E-state index in [9.17, 15) is 4.79 Å². The van der Waals surface area contributed by atoms with Crippen LogP contribution >= 0.6 is 0 Å². The first-order valence-corrected chi connectivity index (χ1v) is 6.11. The first-order valence-electron chi connectivity index (χ1n) is 6.11. The van der Waals surface area contributed by atoms with Crippen LogP contribution in [0.5, 0.6) is 5.75 Å². The molecule has 1 amide bonds. The van der Waals surface area contributed by atoms with Gasteiger partial charge in [0, 0.05) is 24.8 Å². The summed E-state index contributed by atoms with van der Waals surface area (Å²) in [6.07, 6.45) is -0.322. The normalized spacial score (nSPS) is 19.3. The second-order valence-electron chi connectivity index (χ2n) is 4.39. The van der Waals surface area contributed by atoms with Gasteiger partial charge < -0.3 is 25.2 Å². The van der Waals surface area contributed by atoms with Crippen molar-refractivity contribution in [3.05, 3.63) is 23.8 Å². The molecule has 0 radical (unpaired) electrons. The number of aliphatic hydroxyl groups is 1. The molecule has 1 aliphatic heterocycles. The highest BCUT2D eigenvalue weighted by Crippen LogP contribution is 2.23. The first kappa shape index (κ1) is 13.6. The predicted molar refractivity (Wildman–Crippen MR) is 70.1 cm³/mol. The molecule has 1 heterocycles. The Balaban J connectivity index is 2.19. The van der Waals surface area contributed by atoms with Gasteiger partial charge in [0.1, 0.15) is 5.75 Å². The molecule has 3 N–H and O–H groups in total. The van der Waals surface area contributed by atoms with Gasteiger partial charge in [0.15, 0.2) is 0 Å². The fourth-order valence-electron chi connectivity index (χ4n) is 2.07. The molecule has 1 saturated heterocycles. The number of benzene rings is 1. The van der Waals surface area contributed by atoms with Gasteiger partial charge in [-0.3, -0.25) is 4.79 Å². The molecule has 1 atom stereocenters. The van der Waals surface area contributed by atoms with Crippen molar-refractivity contribution in [2.24, 2.45) is 0 Å². The number of hydrogen-bond donors (Lipinski definition) is 2. The zero-order chi connectivity index (χ0) is 13.8. The van der Waals surface area contributed by atoms with E-state index in [-0.39, 0.29) is 18.6 Å². The smallest absolute Gasteiger partial charge is 0.257 e. The number of nitrogen functional groups attached to an aromatic ring is 1. The van der Waals surface area contributed by atoms with Crippen molar-refractivity contribution in [2.45, 2.75) is 6.10 Å². The molecule has 1 fully saturated rings. The molecule has 104 valence electrons. The van der Waals surface area contributed by atoms with Gasteiger partial charge in [-0.05, 0) is 12.1 Å². The summed E-state index contributed by atoms with van der Waals surface area (Å²) in [7, 11) is 1.50. The molecule has 1 aromatic carbocycles. The Hall–Kier alpha value is -1.79. The SMILES string of the molecule is COc1cc(N)ccc1C(=O)N1CCOC(CO)C1. The summed E-state index contributed by atoms with van der Waals surface area (Å²) in [6.45, 7) is 1.21. The monoisotopic (exact) mass is 266 g/mol. The number of carbonyl (C=O) groups is 1. The number of morpholine rings is 1. The minimum absolute atomic E-state index is 0.0946. The Kier molecular flexibility index (Phi) is 4.24. The number of anilines is 1. The van der Waals surface area contributed by atoms with Crippen molar-refractivity contribution in [3.63, 3.8) is 0 Å². The first-order chi connectivity index (χ1) is 9.15. The average molecular weight is 266 g/mol. The molecule has 6 nitrogen and oxygen atoms in total. The largest absolute Gasteiger partial charge is 0.496 e. The second kappa shape index (κ2) is 5.90. The van der Waals surface area contributed by atoms with Crippen LogP contribution in [0.2, 0.25) is 0 Å². The quantitative estimate of drug-likeness (QED) is 0.759. The van der Waals surface area contributed by atoms with E-state index in [2.05, 4.69) is 0 Å². The van der Waals surface area contributed by atoms with Crippen molar-refractivity contribution in [1.82, 2.24) is 4.90 Å². The van der Waals surface area contributed by atoms with Gasteiger partial charge in [-0.15, -0.1) is 0 Å². The van der Waals surface area contributed by atoms with Crippen LogP contribution in [-0.2, 0) is 4.74 Å². The van der Waals surface area contributed by atoms with Crippen LogP contribution in [0, 0.1) is 0 Å². The standard InChI is InChI=1S/C13H18N2O4/c1-18-12-6-9(14)2-3-11(12)13(17)15-4-5-19-10(7-15)8-16/h2-3,6,10,16H,4-5,7-8,14H2,1H3. The molecule has 0 aliphatic carbocycles. The number of rotatable bonds is 3. The maximum absolute atomic E-state index is 12.4. The molecule has 0 saturated carbocycles. The number of methoxy groups -OCH3 is 1. The van der Waals surface area contributed by atoms with Crippen LogP contribution in [-0.4, -0.2) is 55.4 Å². The number of aliphatic hydroxyl groups excluding tert-OH is 1. The molecular formula is C13H18N2O4. The van der Waals surface area contributed by atoms with E-state index in [1.165, 1.54) is 7.11 Å². The van der Waals surface area contributed by atoms with E-state index in [0.717, 1.165) is 0 Å². The second-order valence-corrected chi connectivity index (χ2v) is 4.39. The summed E-state index contributed by atoms with van der Waals surface area (Å²) in [4.78, 5) is 14.1. The minimum atomic E-state index is -0.322. The number of carbonyl (C=O) groups excluding carboxylic acids is 1. The molecular weight excluding hydrogens is 248 g/mol. The maximum Gasteiger partial charge on any atom is 0.257 e. The number of nitrogens with zero attached hydrogens (tertiary/aromatic N) is 1. The summed E-state index contributed by atoms with van der Waals surface area (Å²) < 4.78 is 10.5. The van der Waals surface area contributed by atoms with Gasteiger partial charge in [0.25, 0.3) is 5.91 Å². The zero-order valence-corrected chi connectivity index (χ0v) is 10.8. The van der Waals surface area contributed by atoms with E-state index in [4.69, 9.17) is 20.3 Å². The van der Waals surface area contributed by atoms with Crippen molar-refractivity contribution in [3.8, 4) is 5.75 Å². The van der Waals surface area contributed by atoms with Crippen LogP contribution in [0.1, 0.15) is 10.4 Å². The van der Waals surface area contributed by atoms with Crippen LogP contribution in [0.3, 0.4) is 0 Å². The number of amides is 1. The molecule has 0 bridgehead atoms. The van der Waals surface area contributed by atoms with E-state index < -0.39 is 0 Å². The number of hydrogen-bond acceptors (Lipinski definition) is 5. The summed E-state index contributed by atoms with van der Waals surface area (Å²) >= 11 is 0. The molecule has 6 heteroatoms. The van der Waals surface area contributed by atoms with E-state index in [1.54, 1.807) is 23.1 Å². The van der Waals surface area contributed by atoms with Gasteiger partial charge in [0.2, 0.25) is 0 Å². The van der Waals surface area contributed by atoms with E-state index >= 15 is 0 Å². The van der Waals surface area contributed by atoms with Crippen LogP contribution < -0.4 is 10.5 Å². The summed E-state index contributed by atoms with van der Waals surface area (Å²) in [5.74, 6) is 0.315. The predicted octanol–water partition coefficient (Wildman–Crippen LogP) is 0.111. The van der Waals surface area contributed by atoms with Gasteiger partial charge in [-0.1, -0.05) is 0 Å². The maximum atomic E-state index is 12.4. The van der Waals surface area contributed by atoms with Gasteiger partial charge >= 0.3 is 0 Å². The molecule has 0 aromatic heterocycles. The van der Waals surface area contributed by atoms with Gasteiger partial charge in [0.05, 0.1) is 32.0 Å². The number of ether oxygens (including phenoxy) is 2. The topological polar surface area (TPSA) is 85.0 Å². The van der Waals surface area contributed by atoms with Crippen molar-refractivity contribution in [2.75, 3.05) is 39.1 Å².